The van der Waals surface area contributed by atoms with Crippen LogP contribution in [0.4, 0.5) is 17.1 Å². The van der Waals surface area contributed by atoms with E-state index < -0.39 is 0 Å². The number of hydrogen-bond acceptors (Lipinski definition) is 1. The fraction of sp³-hybridized carbons (Fsp3) is 0.0870. The second-order valence-corrected chi connectivity index (χ2v) is 13.1. The Hall–Kier alpha value is -5.66. The second-order valence-electron chi connectivity index (χ2n) is 13.1. The number of aryl methyl sites for hydroxylation is 1. The van der Waals surface area contributed by atoms with Gasteiger partial charge in [0.05, 0.1) is 0 Å². The van der Waals surface area contributed by atoms with Crippen LogP contribution in [0.1, 0.15) is 30.5 Å². The standard InChI is InChI=1S/C46H37N/c1-32-14-28-42-43-29-21-38(31-45(43)46(2,3)44(42)30-32)37-19-26-41(27-20-37)47(39-22-15-35(16-23-39)33-10-6-4-7-11-33)40-24-17-36(18-25-40)34-12-8-5-9-13-34/h4-31H,1-3H3. The highest BCUT2D eigenvalue weighted by molar-refractivity contribution is 5.85. The minimum atomic E-state index is -0.0265. The van der Waals surface area contributed by atoms with Crippen LogP contribution in [0.3, 0.4) is 0 Å². The summed E-state index contributed by atoms with van der Waals surface area (Å²) in [6.45, 7) is 6.90. The van der Waals surface area contributed by atoms with Crippen LogP contribution in [0.2, 0.25) is 0 Å². The first-order valence-corrected chi connectivity index (χ1v) is 16.4. The molecule has 0 saturated carbocycles. The van der Waals surface area contributed by atoms with Crippen LogP contribution in [0, 0.1) is 6.92 Å². The third-order valence-corrected chi connectivity index (χ3v) is 9.76. The third kappa shape index (κ3) is 5.24. The summed E-state index contributed by atoms with van der Waals surface area (Å²) in [7, 11) is 0. The summed E-state index contributed by atoms with van der Waals surface area (Å²) >= 11 is 0. The van der Waals surface area contributed by atoms with E-state index in [-0.39, 0.29) is 5.41 Å². The fourth-order valence-electron chi connectivity index (χ4n) is 7.15. The molecule has 1 heteroatoms. The van der Waals surface area contributed by atoms with Crippen LogP contribution in [0.5, 0.6) is 0 Å². The van der Waals surface area contributed by atoms with E-state index in [4.69, 9.17) is 0 Å². The number of benzene rings is 7. The van der Waals surface area contributed by atoms with Crippen molar-refractivity contribution in [2.75, 3.05) is 4.90 Å². The molecule has 1 aliphatic rings. The molecule has 0 fully saturated rings. The molecule has 7 aromatic carbocycles. The lowest BCUT2D eigenvalue weighted by Gasteiger charge is -2.26. The lowest BCUT2D eigenvalue weighted by molar-refractivity contribution is 0.660. The molecule has 7 aromatic rings. The van der Waals surface area contributed by atoms with Crippen LogP contribution >= 0.6 is 0 Å². The first-order chi connectivity index (χ1) is 23.0. The zero-order chi connectivity index (χ0) is 32.0. The summed E-state index contributed by atoms with van der Waals surface area (Å²) in [6, 6.07) is 61.8. The Morgan fingerprint density at radius 2 is 0.723 bits per heavy atom. The first kappa shape index (κ1) is 28.8. The Kier molecular flexibility index (Phi) is 7.11. The number of anilines is 3. The second kappa shape index (κ2) is 11.6. The Bertz CT molecular complexity index is 2090. The number of rotatable bonds is 6. The molecular weight excluding hydrogens is 567 g/mol. The summed E-state index contributed by atoms with van der Waals surface area (Å²) < 4.78 is 0. The summed E-state index contributed by atoms with van der Waals surface area (Å²) in [6.07, 6.45) is 0. The Morgan fingerprint density at radius 1 is 0.362 bits per heavy atom. The van der Waals surface area contributed by atoms with Gasteiger partial charge in [0.2, 0.25) is 0 Å². The molecule has 0 heterocycles. The lowest BCUT2D eigenvalue weighted by atomic mass is 9.81. The first-order valence-electron chi connectivity index (χ1n) is 16.4. The maximum absolute atomic E-state index is 2.40. The van der Waals surface area contributed by atoms with Gasteiger partial charge < -0.3 is 4.90 Å². The van der Waals surface area contributed by atoms with Crippen molar-refractivity contribution in [2.45, 2.75) is 26.2 Å². The predicted octanol–water partition coefficient (Wildman–Crippen LogP) is 12.8. The van der Waals surface area contributed by atoms with Crippen molar-refractivity contribution < 1.29 is 0 Å². The highest BCUT2D eigenvalue weighted by Crippen LogP contribution is 2.50. The largest absolute Gasteiger partial charge is 0.311 e. The summed E-state index contributed by atoms with van der Waals surface area (Å²) in [5.41, 5.74) is 17.5. The Labute approximate surface area is 278 Å². The van der Waals surface area contributed by atoms with Crippen LogP contribution in [-0.4, -0.2) is 0 Å². The molecule has 1 nitrogen and oxygen atoms in total. The van der Waals surface area contributed by atoms with E-state index in [1.807, 2.05) is 0 Å². The molecule has 0 unspecified atom stereocenters. The van der Waals surface area contributed by atoms with Gasteiger partial charge in [-0.3, -0.25) is 0 Å². The molecule has 0 aromatic heterocycles. The monoisotopic (exact) mass is 603 g/mol. The van der Waals surface area contributed by atoms with Crippen LogP contribution < -0.4 is 4.90 Å². The van der Waals surface area contributed by atoms with Gasteiger partial charge in [-0.05, 0) is 105 Å². The molecule has 47 heavy (non-hydrogen) atoms. The van der Waals surface area contributed by atoms with E-state index in [0.29, 0.717) is 0 Å². The van der Waals surface area contributed by atoms with Gasteiger partial charge in [-0.1, -0.05) is 147 Å². The lowest BCUT2D eigenvalue weighted by Crippen LogP contribution is -2.15. The van der Waals surface area contributed by atoms with E-state index in [1.54, 1.807) is 0 Å². The summed E-state index contributed by atoms with van der Waals surface area (Å²) in [4.78, 5) is 2.35. The number of fused-ring (bicyclic) bond motifs is 3. The molecule has 0 atom stereocenters. The van der Waals surface area contributed by atoms with Gasteiger partial charge >= 0.3 is 0 Å². The normalized spacial score (nSPS) is 12.7. The molecule has 0 radical (unpaired) electrons. The molecule has 0 amide bonds. The van der Waals surface area contributed by atoms with Crippen molar-refractivity contribution in [3.05, 3.63) is 187 Å². The van der Waals surface area contributed by atoms with Gasteiger partial charge in [-0.2, -0.15) is 0 Å². The van der Waals surface area contributed by atoms with Crippen molar-refractivity contribution in [2.24, 2.45) is 0 Å². The van der Waals surface area contributed by atoms with Crippen molar-refractivity contribution in [3.8, 4) is 44.5 Å². The smallest absolute Gasteiger partial charge is 0.0462 e. The number of nitrogens with zero attached hydrogens (tertiary/aromatic N) is 1. The zero-order valence-electron chi connectivity index (χ0n) is 27.1. The minimum absolute atomic E-state index is 0.0265. The predicted molar refractivity (Wildman–Crippen MR) is 200 cm³/mol. The molecule has 0 bridgehead atoms. The van der Waals surface area contributed by atoms with Gasteiger partial charge in [-0.15, -0.1) is 0 Å². The quantitative estimate of drug-likeness (QED) is 0.183. The van der Waals surface area contributed by atoms with Gasteiger partial charge in [-0.25, -0.2) is 0 Å². The van der Waals surface area contributed by atoms with Gasteiger partial charge in [0.25, 0.3) is 0 Å². The topological polar surface area (TPSA) is 3.24 Å². The van der Waals surface area contributed by atoms with Gasteiger partial charge in [0.1, 0.15) is 0 Å². The van der Waals surface area contributed by atoms with Crippen LogP contribution in [-0.2, 0) is 5.41 Å². The van der Waals surface area contributed by atoms with Gasteiger partial charge in [0, 0.05) is 22.5 Å². The molecule has 0 N–H and O–H groups in total. The SMILES string of the molecule is Cc1ccc2c(c1)C(C)(C)c1cc(-c3ccc(N(c4ccc(-c5ccccc5)cc4)c4ccc(-c5ccccc5)cc4)cc3)ccc1-2. The Morgan fingerprint density at radius 3 is 1.19 bits per heavy atom. The fourth-order valence-corrected chi connectivity index (χ4v) is 7.15. The third-order valence-electron chi connectivity index (χ3n) is 9.76. The average molecular weight is 604 g/mol. The summed E-state index contributed by atoms with van der Waals surface area (Å²) in [5.74, 6) is 0. The molecule has 0 spiro atoms. The minimum Gasteiger partial charge on any atom is -0.311 e. The number of hydrogen-bond donors (Lipinski definition) is 0. The van der Waals surface area contributed by atoms with Crippen molar-refractivity contribution >= 4 is 17.1 Å². The molecule has 0 saturated heterocycles. The highest BCUT2D eigenvalue weighted by Gasteiger charge is 2.35. The maximum Gasteiger partial charge on any atom is 0.0462 e. The van der Waals surface area contributed by atoms with Crippen LogP contribution in [0.15, 0.2) is 170 Å². The molecular formula is C46H37N. The molecule has 0 aliphatic heterocycles. The van der Waals surface area contributed by atoms with E-state index in [2.05, 4.69) is 196 Å². The molecule has 1 aliphatic carbocycles. The molecule has 226 valence electrons. The average Bonchev–Trinajstić information content (AvgIpc) is 3.35. The van der Waals surface area contributed by atoms with E-state index in [0.717, 1.165) is 17.1 Å². The summed E-state index contributed by atoms with van der Waals surface area (Å²) in [5, 5.41) is 0. The van der Waals surface area contributed by atoms with Gasteiger partial charge in [0.15, 0.2) is 0 Å². The van der Waals surface area contributed by atoms with Crippen LogP contribution in [0.25, 0.3) is 44.5 Å². The Balaban J connectivity index is 1.15. The van der Waals surface area contributed by atoms with E-state index in [1.165, 1.54) is 61.2 Å². The zero-order valence-corrected chi connectivity index (χ0v) is 27.1. The molecule has 8 rings (SSSR count). The van der Waals surface area contributed by atoms with E-state index >= 15 is 0 Å². The van der Waals surface area contributed by atoms with E-state index in [9.17, 15) is 0 Å². The highest BCUT2D eigenvalue weighted by atomic mass is 15.1. The van der Waals surface area contributed by atoms with Crippen molar-refractivity contribution in [3.63, 3.8) is 0 Å². The maximum atomic E-state index is 2.40. The van der Waals surface area contributed by atoms with Crippen molar-refractivity contribution in [1.82, 2.24) is 0 Å². The van der Waals surface area contributed by atoms with Crippen molar-refractivity contribution in [1.29, 1.82) is 0 Å².